The predicted molar refractivity (Wildman–Crippen MR) is 83.0 cm³/mol. The maximum absolute atomic E-state index is 11.9. The third-order valence-corrected chi connectivity index (χ3v) is 3.50. The average molecular weight is 317 g/mol. The summed E-state index contributed by atoms with van der Waals surface area (Å²) < 4.78 is 1.73. The van der Waals surface area contributed by atoms with E-state index in [4.69, 9.17) is 16.9 Å². The Kier molecular flexibility index (Phi) is 4.49. The minimum atomic E-state index is -0.578. The van der Waals surface area contributed by atoms with E-state index in [1.54, 1.807) is 17.7 Å². The standard InChI is InChI=1S/C15H13ClN4O2/c1-9-10(5-12(7-17)20(9)2)8-18-19-15(22)13-6-11(16)3-4-14(13)21/h3-6,8,21H,1-2H3,(H,19,22)/b18-8-. The Morgan fingerprint density at radius 1 is 1.50 bits per heavy atom. The number of aromatic hydroxyl groups is 1. The SMILES string of the molecule is Cc1c(/C=N\NC(=O)c2cc(Cl)ccc2O)cc(C#N)n1C. The highest BCUT2D eigenvalue weighted by Crippen LogP contribution is 2.21. The average Bonchev–Trinajstić information content (AvgIpc) is 2.77. The van der Waals surface area contributed by atoms with Gasteiger partial charge in [0.05, 0.1) is 11.8 Å². The first-order chi connectivity index (χ1) is 10.4. The summed E-state index contributed by atoms with van der Waals surface area (Å²) in [4.78, 5) is 11.9. The molecule has 2 aromatic rings. The lowest BCUT2D eigenvalue weighted by atomic mass is 10.2. The summed E-state index contributed by atoms with van der Waals surface area (Å²) >= 11 is 5.78. The van der Waals surface area contributed by atoms with Crippen LogP contribution in [0.15, 0.2) is 29.4 Å². The lowest BCUT2D eigenvalue weighted by Gasteiger charge is -2.03. The van der Waals surface area contributed by atoms with Gasteiger partial charge in [-0.3, -0.25) is 4.79 Å². The van der Waals surface area contributed by atoms with E-state index in [0.717, 1.165) is 11.3 Å². The Morgan fingerprint density at radius 2 is 2.23 bits per heavy atom. The molecule has 1 aromatic carbocycles. The van der Waals surface area contributed by atoms with E-state index in [9.17, 15) is 9.90 Å². The number of amides is 1. The van der Waals surface area contributed by atoms with Gasteiger partial charge in [0.2, 0.25) is 0 Å². The number of phenolic OH excluding ortho intramolecular Hbond substituents is 1. The number of nitrogens with zero attached hydrogens (tertiary/aromatic N) is 3. The van der Waals surface area contributed by atoms with Crippen LogP contribution in [-0.2, 0) is 7.05 Å². The molecule has 6 nitrogen and oxygen atoms in total. The van der Waals surface area contributed by atoms with E-state index in [2.05, 4.69) is 16.6 Å². The van der Waals surface area contributed by atoms with E-state index >= 15 is 0 Å². The highest BCUT2D eigenvalue weighted by molar-refractivity contribution is 6.31. The second-order valence-electron chi connectivity index (χ2n) is 4.60. The van der Waals surface area contributed by atoms with Crippen LogP contribution in [0.2, 0.25) is 5.02 Å². The Balaban J connectivity index is 2.14. The lowest BCUT2D eigenvalue weighted by molar-refractivity contribution is 0.0952. The van der Waals surface area contributed by atoms with Crippen LogP contribution in [0, 0.1) is 18.3 Å². The quantitative estimate of drug-likeness (QED) is 0.672. The molecule has 0 saturated heterocycles. The Morgan fingerprint density at radius 3 is 2.86 bits per heavy atom. The number of hydrogen-bond acceptors (Lipinski definition) is 4. The van der Waals surface area contributed by atoms with Crippen molar-refractivity contribution >= 4 is 23.7 Å². The summed E-state index contributed by atoms with van der Waals surface area (Å²) in [5, 5.41) is 22.8. The van der Waals surface area contributed by atoms with Crippen LogP contribution in [0.25, 0.3) is 0 Å². The summed E-state index contributed by atoms with van der Waals surface area (Å²) in [5.41, 5.74) is 4.41. The molecule has 0 saturated carbocycles. The van der Waals surface area contributed by atoms with Gasteiger partial charge in [-0.15, -0.1) is 0 Å². The largest absolute Gasteiger partial charge is 0.507 e. The van der Waals surface area contributed by atoms with E-state index < -0.39 is 5.91 Å². The number of hydrogen-bond donors (Lipinski definition) is 2. The number of hydrazone groups is 1. The van der Waals surface area contributed by atoms with Gasteiger partial charge in [-0.05, 0) is 31.2 Å². The van der Waals surface area contributed by atoms with Crippen molar-refractivity contribution in [3.8, 4) is 11.8 Å². The highest BCUT2D eigenvalue weighted by Gasteiger charge is 2.11. The summed E-state index contributed by atoms with van der Waals surface area (Å²) in [5.74, 6) is -0.759. The molecule has 0 aliphatic heterocycles. The van der Waals surface area contributed by atoms with E-state index in [-0.39, 0.29) is 11.3 Å². The maximum Gasteiger partial charge on any atom is 0.275 e. The molecule has 112 valence electrons. The van der Waals surface area contributed by atoms with Gasteiger partial charge in [0.1, 0.15) is 17.5 Å². The minimum Gasteiger partial charge on any atom is -0.507 e. The molecule has 0 aliphatic carbocycles. The van der Waals surface area contributed by atoms with Crippen LogP contribution in [0.3, 0.4) is 0 Å². The van der Waals surface area contributed by atoms with Crippen LogP contribution in [0.1, 0.15) is 27.3 Å². The van der Waals surface area contributed by atoms with E-state index in [1.807, 2.05) is 6.92 Å². The summed E-state index contributed by atoms with van der Waals surface area (Å²) in [6.07, 6.45) is 1.44. The number of rotatable bonds is 3. The van der Waals surface area contributed by atoms with Gasteiger partial charge in [0.25, 0.3) is 5.91 Å². The number of phenols is 1. The second-order valence-corrected chi connectivity index (χ2v) is 5.04. The summed E-state index contributed by atoms with van der Waals surface area (Å²) in [6, 6.07) is 7.90. The number of carbonyl (C=O) groups is 1. The molecule has 0 aliphatic rings. The first kappa shape index (κ1) is 15.6. The Bertz CT molecular complexity index is 803. The Hall–Kier alpha value is -2.78. The zero-order valence-electron chi connectivity index (χ0n) is 12.0. The predicted octanol–water partition coefficient (Wildman–Crippen LogP) is 2.33. The van der Waals surface area contributed by atoms with Gasteiger partial charge in [0.15, 0.2) is 0 Å². The van der Waals surface area contributed by atoms with Gasteiger partial charge >= 0.3 is 0 Å². The molecule has 0 spiro atoms. The molecule has 0 unspecified atom stereocenters. The first-order valence-corrected chi connectivity index (χ1v) is 6.70. The van der Waals surface area contributed by atoms with Crippen LogP contribution in [0.5, 0.6) is 5.75 Å². The number of benzene rings is 1. The molecule has 1 aromatic heterocycles. The van der Waals surface area contributed by atoms with E-state index in [1.165, 1.54) is 24.4 Å². The van der Waals surface area contributed by atoms with Crippen LogP contribution >= 0.6 is 11.6 Å². The number of nitriles is 1. The van der Waals surface area contributed by atoms with Crippen LogP contribution < -0.4 is 5.43 Å². The molecule has 0 fully saturated rings. The summed E-state index contributed by atoms with van der Waals surface area (Å²) in [6.45, 7) is 1.84. The molecule has 7 heteroatoms. The summed E-state index contributed by atoms with van der Waals surface area (Å²) in [7, 11) is 1.77. The number of halogens is 1. The monoisotopic (exact) mass is 316 g/mol. The Labute approximate surface area is 132 Å². The molecule has 0 radical (unpaired) electrons. The van der Waals surface area contributed by atoms with Crippen molar-refractivity contribution in [3.63, 3.8) is 0 Å². The molecule has 2 rings (SSSR count). The van der Waals surface area contributed by atoms with Crippen molar-refractivity contribution < 1.29 is 9.90 Å². The molecule has 2 N–H and O–H groups in total. The molecule has 0 atom stereocenters. The lowest BCUT2D eigenvalue weighted by Crippen LogP contribution is -2.17. The van der Waals surface area contributed by atoms with Crippen molar-refractivity contribution in [2.24, 2.45) is 12.1 Å². The number of carbonyl (C=O) groups excluding carboxylic acids is 1. The van der Waals surface area contributed by atoms with Gasteiger partial charge < -0.3 is 9.67 Å². The molecular formula is C15H13ClN4O2. The molecule has 1 heterocycles. The minimum absolute atomic E-state index is 0.0344. The first-order valence-electron chi connectivity index (χ1n) is 6.32. The van der Waals surface area contributed by atoms with Crippen LogP contribution in [-0.4, -0.2) is 21.8 Å². The maximum atomic E-state index is 11.9. The fourth-order valence-corrected chi connectivity index (χ4v) is 2.04. The number of aromatic nitrogens is 1. The van der Waals surface area contributed by atoms with Gasteiger partial charge in [-0.25, -0.2) is 5.43 Å². The highest BCUT2D eigenvalue weighted by atomic mass is 35.5. The second kappa shape index (κ2) is 6.33. The van der Waals surface area contributed by atoms with Crippen molar-refractivity contribution in [2.75, 3.05) is 0 Å². The zero-order valence-corrected chi connectivity index (χ0v) is 12.7. The topological polar surface area (TPSA) is 90.4 Å². The molecule has 22 heavy (non-hydrogen) atoms. The smallest absolute Gasteiger partial charge is 0.275 e. The van der Waals surface area contributed by atoms with E-state index in [0.29, 0.717) is 10.7 Å². The van der Waals surface area contributed by atoms with Gasteiger partial charge in [-0.2, -0.15) is 10.4 Å². The van der Waals surface area contributed by atoms with Gasteiger partial charge in [-0.1, -0.05) is 11.6 Å². The fraction of sp³-hybridized carbons (Fsp3) is 0.133. The van der Waals surface area contributed by atoms with Crippen molar-refractivity contribution in [1.29, 1.82) is 5.26 Å². The van der Waals surface area contributed by atoms with Gasteiger partial charge in [0, 0.05) is 23.3 Å². The third-order valence-electron chi connectivity index (χ3n) is 3.26. The van der Waals surface area contributed by atoms with Crippen molar-refractivity contribution in [1.82, 2.24) is 9.99 Å². The third kappa shape index (κ3) is 3.10. The molecular weight excluding hydrogens is 304 g/mol. The fourth-order valence-electron chi connectivity index (χ4n) is 1.87. The van der Waals surface area contributed by atoms with Crippen LogP contribution in [0.4, 0.5) is 0 Å². The molecule has 1 amide bonds. The number of nitrogens with one attached hydrogen (secondary N) is 1. The normalized spacial score (nSPS) is 10.6. The van der Waals surface area contributed by atoms with Crippen molar-refractivity contribution in [2.45, 2.75) is 6.92 Å². The van der Waals surface area contributed by atoms with Crippen molar-refractivity contribution in [3.05, 3.63) is 51.8 Å². The molecule has 0 bridgehead atoms. The zero-order chi connectivity index (χ0) is 16.3.